The summed E-state index contributed by atoms with van der Waals surface area (Å²) in [5.41, 5.74) is 1.43. The van der Waals surface area contributed by atoms with Gasteiger partial charge in [-0.2, -0.15) is 0 Å². The Morgan fingerprint density at radius 1 is 0.821 bits per heavy atom. The number of benzene rings is 2. The molecule has 3 aromatic rings. The summed E-state index contributed by atoms with van der Waals surface area (Å²) in [5, 5.41) is 5.20. The summed E-state index contributed by atoms with van der Waals surface area (Å²) in [7, 11) is 0. The average Bonchev–Trinajstić information content (AvgIpc) is 2.68. The van der Waals surface area contributed by atoms with Crippen molar-refractivity contribution in [2.24, 2.45) is 0 Å². The molecule has 0 unspecified atom stereocenters. The number of carbonyl (C=O) groups excluding carboxylic acids is 3. The van der Waals surface area contributed by atoms with Gasteiger partial charge >= 0.3 is 0 Å². The molecule has 0 aliphatic rings. The molecule has 1 aromatic heterocycles. The Morgan fingerprint density at radius 3 is 2.21 bits per heavy atom. The summed E-state index contributed by atoms with van der Waals surface area (Å²) in [6.45, 7) is 1.43. The Morgan fingerprint density at radius 2 is 1.50 bits per heavy atom. The maximum Gasteiger partial charge on any atom is 0.274 e. The quantitative estimate of drug-likeness (QED) is 0.660. The summed E-state index contributed by atoms with van der Waals surface area (Å²) in [5.74, 6) is -1.62. The minimum absolute atomic E-state index is 0.0279. The zero-order valence-electron chi connectivity index (χ0n) is 14.9. The summed E-state index contributed by atoms with van der Waals surface area (Å²) in [6, 6.07) is 14.8. The third kappa shape index (κ3) is 4.64. The molecule has 6 nitrogen and oxygen atoms in total. The summed E-state index contributed by atoms with van der Waals surface area (Å²) >= 11 is 0. The van der Waals surface area contributed by atoms with E-state index >= 15 is 0 Å². The van der Waals surface area contributed by atoms with Crippen molar-refractivity contribution in [3.8, 4) is 0 Å². The molecule has 0 aliphatic heterocycles. The van der Waals surface area contributed by atoms with E-state index in [9.17, 15) is 18.8 Å². The molecule has 0 spiro atoms. The maximum absolute atomic E-state index is 13.2. The van der Waals surface area contributed by atoms with Crippen LogP contribution >= 0.6 is 0 Å². The number of anilines is 2. The lowest BCUT2D eigenvalue weighted by molar-refractivity contribution is 0.100. The number of amides is 2. The van der Waals surface area contributed by atoms with Gasteiger partial charge in [0.2, 0.25) is 0 Å². The monoisotopic (exact) mass is 377 g/mol. The number of pyridine rings is 1. The van der Waals surface area contributed by atoms with Crippen LogP contribution in [0.3, 0.4) is 0 Å². The summed E-state index contributed by atoms with van der Waals surface area (Å²) in [4.78, 5) is 40.2. The van der Waals surface area contributed by atoms with Crippen LogP contribution < -0.4 is 10.6 Å². The molecule has 1 heterocycles. The first kappa shape index (κ1) is 18.9. The molecule has 2 aromatic carbocycles. The molecule has 0 saturated heterocycles. The molecule has 2 N–H and O–H groups in total. The lowest BCUT2D eigenvalue weighted by Crippen LogP contribution is -2.17. The largest absolute Gasteiger partial charge is 0.322 e. The Labute approximate surface area is 160 Å². The number of hydrogen-bond acceptors (Lipinski definition) is 4. The average molecular weight is 377 g/mol. The van der Waals surface area contributed by atoms with Crippen molar-refractivity contribution in [1.82, 2.24) is 4.98 Å². The molecule has 140 valence electrons. The molecule has 0 aliphatic carbocycles. The van der Waals surface area contributed by atoms with Gasteiger partial charge in [-0.25, -0.2) is 4.39 Å². The van der Waals surface area contributed by atoms with Crippen LogP contribution in [0.5, 0.6) is 0 Å². The fraction of sp³-hybridized carbons (Fsp3) is 0.0476. The minimum atomic E-state index is -0.527. The van der Waals surface area contributed by atoms with Gasteiger partial charge in [0.15, 0.2) is 5.78 Å². The minimum Gasteiger partial charge on any atom is -0.322 e. The van der Waals surface area contributed by atoms with Gasteiger partial charge in [0.1, 0.15) is 11.5 Å². The number of halogens is 1. The first-order chi connectivity index (χ1) is 13.4. The van der Waals surface area contributed by atoms with Crippen LogP contribution in [0, 0.1) is 5.82 Å². The van der Waals surface area contributed by atoms with E-state index in [1.165, 1.54) is 43.5 Å². The van der Waals surface area contributed by atoms with Gasteiger partial charge < -0.3 is 10.6 Å². The second-order valence-corrected chi connectivity index (χ2v) is 5.99. The fourth-order valence-electron chi connectivity index (χ4n) is 2.48. The van der Waals surface area contributed by atoms with Crippen LogP contribution in [0.25, 0.3) is 0 Å². The van der Waals surface area contributed by atoms with Gasteiger partial charge in [0, 0.05) is 28.7 Å². The summed E-state index contributed by atoms with van der Waals surface area (Å²) in [6.07, 6.45) is 1.33. The van der Waals surface area contributed by atoms with Gasteiger partial charge in [-0.1, -0.05) is 18.2 Å². The normalized spacial score (nSPS) is 10.2. The maximum atomic E-state index is 13.2. The molecule has 0 fully saturated rings. The van der Waals surface area contributed by atoms with Crippen LogP contribution in [0.2, 0.25) is 0 Å². The van der Waals surface area contributed by atoms with Crippen molar-refractivity contribution in [3.05, 3.63) is 89.5 Å². The predicted molar refractivity (Wildman–Crippen MR) is 103 cm³/mol. The number of aromatic nitrogens is 1. The summed E-state index contributed by atoms with van der Waals surface area (Å²) < 4.78 is 13.2. The third-order valence-corrected chi connectivity index (χ3v) is 3.86. The van der Waals surface area contributed by atoms with Crippen LogP contribution in [0.4, 0.5) is 15.8 Å². The molecule has 0 radical (unpaired) electrons. The molecular weight excluding hydrogens is 361 g/mol. The topological polar surface area (TPSA) is 88.2 Å². The van der Waals surface area contributed by atoms with E-state index in [1.807, 2.05) is 0 Å². The zero-order valence-corrected chi connectivity index (χ0v) is 14.9. The molecule has 7 heteroatoms. The van der Waals surface area contributed by atoms with Crippen LogP contribution in [0.1, 0.15) is 38.1 Å². The number of hydrogen-bond donors (Lipinski definition) is 2. The molecule has 2 amide bonds. The fourth-order valence-corrected chi connectivity index (χ4v) is 2.48. The van der Waals surface area contributed by atoms with Crippen molar-refractivity contribution >= 4 is 29.0 Å². The highest BCUT2D eigenvalue weighted by Gasteiger charge is 2.13. The molecule has 0 bridgehead atoms. The van der Waals surface area contributed by atoms with E-state index in [4.69, 9.17) is 0 Å². The second-order valence-electron chi connectivity index (χ2n) is 5.99. The van der Waals surface area contributed by atoms with E-state index in [2.05, 4.69) is 15.6 Å². The lowest BCUT2D eigenvalue weighted by Gasteiger charge is -2.08. The molecule has 0 atom stereocenters. The van der Waals surface area contributed by atoms with E-state index < -0.39 is 17.6 Å². The van der Waals surface area contributed by atoms with Crippen molar-refractivity contribution in [2.75, 3.05) is 10.6 Å². The van der Waals surface area contributed by atoms with Crippen molar-refractivity contribution in [2.45, 2.75) is 6.92 Å². The number of Topliss-reactive ketones (excluding diaryl/α,β-unsaturated/α-hetero) is 1. The van der Waals surface area contributed by atoms with E-state index in [-0.39, 0.29) is 17.0 Å². The van der Waals surface area contributed by atoms with Crippen molar-refractivity contribution in [1.29, 1.82) is 0 Å². The van der Waals surface area contributed by atoms with E-state index in [0.29, 0.717) is 16.9 Å². The first-order valence-corrected chi connectivity index (χ1v) is 8.38. The first-order valence-electron chi connectivity index (χ1n) is 8.38. The van der Waals surface area contributed by atoms with Gasteiger partial charge in [0.25, 0.3) is 11.8 Å². The SMILES string of the molecule is CC(=O)c1cccc(NC(=O)c2cc(C(=O)Nc3cccc(F)c3)ccn2)c1. The highest BCUT2D eigenvalue weighted by Crippen LogP contribution is 2.14. The van der Waals surface area contributed by atoms with E-state index in [0.717, 1.165) is 0 Å². The third-order valence-electron chi connectivity index (χ3n) is 3.86. The molecule has 0 saturated carbocycles. The lowest BCUT2D eigenvalue weighted by atomic mass is 10.1. The second kappa shape index (κ2) is 8.22. The number of nitrogens with one attached hydrogen (secondary N) is 2. The molecular formula is C21H16FN3O3. The molecule has 3 rings (SSSR count). The number of ketones is 1. The smallest absolute Gasteiger partial charge is 0.274 e. The van der Waals surface area contributed by atoms with Gasteiger partial charge in [-0.05, 0) is 49.4 Å². The van der Waals surface area contributed by atoms with Gasteiger partial charge in [-0.3, -0.25) is 19.4 Å². The Balaban J connectivity index is 1.75. The van der Waals surface area contributed by atoms with Gasteiger partial charge in [0.05, 0.1) is 0 Å². The number of carbonyl (C=O) groups is 3. The Bertz CT molecular complexity index is 1070. The van der Waals surface area contributed by atoms with E-state index in [1.54, 1.807) is 30.3 Å². The predicted octanol–water partition coefficient (Wildman–Crippen LogP) is 3.93. The standard InChI is InChI=1S/C21H16FN3O3/c1-13(26)14-4-2-6-17(10-14)25-21(28)19-11-15(8-9-23-19)20(27)24-18-7-3-5-16(22)12-18/h2-12H,1H3,(H,24,27)(H,25,28). The van der Waals surface area contributed by atoms with Crippen molar-refractivity contribution in [3.63, 3.8) is 0 Å². The van der Waals surface area contributed by atoms with Gasteiger partial charge in [-0.15, -0.1) is 0 Å². The number of rotatable bonds is 5. The van der Waals surface area contributed by atoms with Crippen LogP contribution in [-0.2, 0) is 0 Å². The Kier molecular flexibility index (Phi) is 5.55. The Hall–Kier alpha value is -3.87. The zero-order chi connectivity index (χ0) is 20.1. The molecule has 28 heavy (non-hydrogen) atoms. The van der Waals surface area contributed by atoms with Crippen LogP contribution in [-0.4, -0.2) is 22.6 Å². The van der Waals surface area contributed by atoms with Crippen molar-refractivity contribution < 1.29 is 18.8 Å². The van der Waals surface area contributed by atoms with Crippen LogP contribution in [0.15, 0.2) is 66.9 Å². The highest BCUT2D eigenvalue weighted by molar-refractivity contribution is 6.08. The highest BCUT2D eigenvalue weighted by atomic mass is 19.1. The number of nitrogens with zero attached hydrogens (tertiary/aromatic N) is 1.